The van der Waals surface area contributed by atoms with Gasteiger partial charge >= 0.3 is 0 Å². The standard InChI is InChI=1S/C19H23NO5/c1-12-4-7-15(17(22)10-12)20-19(23)9-8-16(21)14-6-5-13(24-2)11-18(14)25-3/h4-7,10-11,16,21-22H,8-9H2,1-3H3,(H,20,23). The Morgan fingerprint density at radius 2 is 1.92 bits per heavy atom. The summed E-state index contributed by atoms with van der Waals surface area (Å²) in [6.07, 6.45) is -0.525. The van der Waals surface area contributed by atoms with Gasteiger partial charge in [-0.25, -0.2) is 0 Å². The zero-order chi connectivity index (χ0) is 18.4. The molecule has 0 bridgehead atoms. The number of aryl methyl sites for hydroxylation is 1. The molecule has 1 amide bonds. The largest absolute Gasteiger partial charge is 0.506 e. The minimum Gasteiger partial charge on any atom is -0.506 e. The highest BCUT2D eigenvalue weighted by Gasteiger charge is 2.16. The maximum Gasteiger partial charge on any atom is 0.224 e. The zero-order valence-corrected chi connectivity index (χ0v) is 14.6. The summed E-state index contributed by atoms with van der Waals surface area (Å²) in [7, 11) is 3.06. The van der Waals surface area contributed by atoms with Crippen LogP contribution in [0.2, 0.25) is 0 Å². The van der Waals surface area contributed by atoms with Gasteiger partial charge in [0.05, 0.1) is 26.0 Å². The molecule has 0 radical (unpaired) electrons. The van der Waals surface area contributed by atoms with Crippen LogP contribution >= 0.6 is 0 Å². The molecule has 0 saturated carbocycles. The molecule has 0 fully saturated rings. The monoisotopic (exact) mass is 345 g/mol. The van der Waals surface area contributed by atoms with Crippen LogP contribution in [0.5, 0.6) is 17.2 Å². The molecule has 134 valence electrons. The lowest BCUT2D eigenvalue weighted by molar-refractivity contribution is -0.116. The molecule has 1 unspecified atom stereocenters. The summed E-state index contributed by atoms with van der Waals surface area (Å²) in [6.45, 7) is 1.85. The number of carbonyl (C=O) groups is 1. The Morgan fingerprint density at radius 3 is 2.56 bits per heavy atom. The van der Waals surface area contributed by atoms with Crippen LogP contribution in [0.1, 0.15) is 30.1 Å². The van der Waals surface area contributed by atoms with Gasteiger partial charge in [-0.15, -0.1) is 0 Å². The first-order valence-electron chi connectivity index (χ1n) is 7.94. The normalized spacial score (nSPS) is 11.7. The Morgan fingerprint density at radius 1 is 1.16 bits per heavy atom. The molecule has 2 aromatic carbocycles. The van der Waals surface area contributed by atoms with Crippen LogP contribution < -0.4 is 14.8 Å². The summed E-state index contributed by atoms with van der Waals surface area (Å²) >= 11 is 0. The molecule has 0 aliphatic heterocycles. The molecule has 0 aliphatic rings. The molecule has 0 aromatic heterocycles. The Bertz CT molecular complexity index is 745. The Labute approximate surface area is 147 Å². The number of aliphatic hydroxyl groups excluding tert-OH is 1. The predicted octanol–water partition coefficient (Wildman–Crippen LogP) is 3.17. The van der Waals surface area contributed by atoms with Crippen molar-refractivity contribution in [2.24, 2.45) is 0 Å². The van der Waals surface area contributed by atoms with Crippen LogP contribution in [0.25, 0.3) is 0 Å². The smallest absolute Gasteiger partial charge is 0.224 e. The minimum atomic E-state index is -0.849. The molecule has 0 aliphatic carbocycles. The summed E-state index contributed by atoms with van der Waals surface area (Å²) in [4.78, 5) is 12.1. The van der Waals surface area contributed by atoms with Crippen molar-refractivity contribution in [1.82, 2.24) is 0 Å². The van der Waals surface area contributed by atoms with E-state index in [2.05, 4.69) is 5.32 Å². The first-order valence-corrected chi connectivity index (χ1v) is 7.94. The second-order valence-electron chi connectivity index (χ2n) is 5.73. The summed E-state index contributed by atoms with van der Waals surface area (Å²) in [5, 5.41) is 22.8. The molecule has 2 rings (SSSR count). The first-order chi connectivity index (χ1) is 11.9. The molecule has 0 saturated heterocycles. The topological polar surface area (TPSA) is 88.0 Å². The number of nitrogens with one attached hydrogen (secondary N) is 1. The van der Waals surface area contributed by atoms with E-state index in [1.165, 1.54) is 7.11 Å². The van der Waals surface area contributed by atoms with Crippen molar-refractivity contribution in [3.8, 4) is 17.2 Å². The Balaban J connectivity index is 1.97. The number of ether oxygens (including phenoxy) is 2. The van der Waals surface area contributed by atoms with Gasteiger partial charge in [-0.1, -0.05) is 6.07 Å². The van der Waals surface area contributed by atoms with Crippen molar-refractivity contribution in [3.63, 3.8) is 0 Å². The lowest BCUT2D eigenvalue weighted by Crippen LogP contribution is -2.13. The number of rotatable bonds is 7. The average Bonchev–Trinajstić information content (AvgIpc) is 2.61. The second kappa shape index (κ2) is 8.39. The molecule has 3 N–H and O–H groups in total. The van der Waals surface area contributed by atoms with Crippen molar-refractivity contribution < 1.29 is 24.5 Å². The molecule has 0 spiro atoms. The number of carbonyl (C=O) groups excluding carboxylic acids is 1. The van der Waals surface area contributed by atoms with Gasteiger partial charge in [-0.05, 0) is 43.2 Å². The van der Waals surface area contributed by atoms with Gasteiger partial charge < -0.3 is 25.0 Å². The molecule has 2 aromatic rings. The van der Waals surface area contributed by atoms with Crippen LogP contribution in [-0.4, -0.2) is 30.3 Å². The van der Waals surface area contributed by atoms with Crippen LogP contribution in [-0.2, 0) is 4.79 Å². The van der Waals surface area contributed by atoms with E-state index in [4.69, 9.17) is 9.47 Å². The van der Waals surface area contributed by atoms with E-state index in [9.17, 15) is 15.0 Å². The van der Waals surface area contributed by atoms with Crippen molar-refractivity contribution in [1.29, 1.82) is 0 Å². The van der Waals surface area contributed by atoms with Gasteiger partial charge in [0, 0.05) is 18.1 Å². The highest BCUT2D eigenvalue weighted by atomic mass is 16.5. The molecule has 1 atom stereocenters. The van der Waals surface area contributed by atoms with E-state index in [0.717, 1.165) is 5.56 Å². The predicted molar refractivity (Wildman–Crippen MR) is 95.2 cm³/mol. The second-order valence-corrected chi connectivity index (χ2v) is 5.73. The minimum absolute atomic E-state index is 0.0192. The van der Waals surface area contributed by atoms with Crippen molar-refractivity contribution in [2.75, 3.05) is 19.5 Å². The fourth-order valence-electron chi connectivity index (χ4n) is 2.48. The summed E-state index contributed by atoms with van der Waals surface area (Å²) in [6, 6.07) is 10.1. The number of hydrogen-bond acceptors (Lipinski definition) is 5. The lowest BCUT2D eigenvalue weighted by Gasteiger charge is -2.16. The number of hydrogen-bond donors (Lipinski definition) is 3. The SMILES string of the molecule is COc1ccc(C(O)CCC(=O)Nc2ccc(C)cc2O)c(OC)c1. The average molecular weight is 345 g/mol. The number of phenols is 1. The van der Waals surface area contributed by atoms with Crippen LogP contribution in [0.15, 0.2) is 36.4 Å². The van der Waals surface area contributed by atoms with Gasteiger partial charge in [-0.3, -0.25) is 4.79 Å². The van der Waals surface area contributed by atoms with Crippen molar-refractivity contribution in [2.45, 2.75) is 25.9 Å². The lowest BCUT2D eigenvalue weighted by atomic mass is 10.0. The van der Waals surface area contributed by atoms with Crippen molar-refractivity contribution in [3.05, 3.63) is 47.5 Å². The van der Waals surface area contributed by atoms with Crippen LogP contribution in [0.3, 0.4) is 0 Å². The van der Waals surface area contributed by atoms with E-state index >= 15 is 0 Å². The number of aliphatic hydroxyl groups is 1. The highest BCUT2D eigenvalue weighted by molar-refractivity contribution is 5.92. The van der Waals surface area contributed by atoms with Crippen LogP contribution in [0.4, 0.5) is 5.69 Å². The van der Waals surface area contributed by atoms with Crippen LogP contribution in [0, 0.1) is 6.92 Å². The van der Waals surface area contributed by atoms with Gasteiger partial charge in [0.1, 0.15) is 17.2 Å². The number of phenolic OH excluding ortho intramolecular Hbond substituents is 1. The van der Waals surface area contributed by atoms with E-state index in [1.807, 2.05) is 6.92 Å². The Hall–Kier alpha value is -2.73. The number of anilines is 1. The van der Waals surface area contributed by atoms with E-state index in [1.54, 1.807) is 43.5 Å². The summed E-state index contributed by atoms with van der Waals surface area (Å²) < 4.78 is 10.4. The molecule has 0 heterocycles. The van der Waals surface area contributed by atoms with E-state index in [0.29, 0.717) is 22.7 Å². The maximum atomic E-state index is 12.1. The van der Waals surface area contributed by atoms with Gasteiger partial charge in [0.2, 0.25) is 5.91 Å². The number of amides is 1. The van der Waals surface area contributed by atoms with Gasteiger partial charge in [-0.2, -0.15) is 0 Å². The molecular formula is C19H23NO5. The fraction of sp³-hybridized carbons (Fsp3) is 0.316. The Kier molecular flexibility index (Phi) is 6.25. The third-order valence-corrected chi connectivity index (χ3v) is 3.87. The molecule has 6 nitrogen and oxygen atoms in total. The first kappa shape index (κ1) is 18.6. The molecule has 25 heavy (non-hydrogen) atoms. The summed E-state index contributed by atoms with van der Waals surface area (Å²) in [5.41, 5.74) is 1.85. The molecule has 6 heteroatoms. The van der Waals surface area contributed by atoms with Gasteiger partial charge in [0.15, 0.2) is 0 Å². The summed E-state index contributed by atoms with van der Waals surface area (Å²) in [5.74, 6) is 0.861. The third-order valence-electron chi connectivity index (χ3n) is 3.87. The van der Waals surface area contributed by atoms with Crippen molar-refractivity contribution >= 4 is 11.6 Å². The highest BCUT2D eigenvalue weighted by Crippen LogP contribution is 2.32. The molecular weight excluding hydrogens is 322 g/mol. The maximum absolute atomic E-state index is 12.1. The van der Waals surface area contributed by atoms with E-state index in [-0.39, 0.29) is 24.5 Å². The number of methoxy groups -OCH3 is 2. The fourth-order valence-corrected chi connectivity index (χ4v) is 2.48. The number of aromatic hydroxyl groups is 1. The quantitative estimate of drug-likeness (QED) is 0.671. The van der Waals surface area contributed by atoms with E-state index < -0.39 is 6.10 Å². The number of benzene rings is 2. The van der Waals surface area contributed by atoms with Gasteiger partial charge in [0.25, 0.3) is 0 Å². The third kappa shape index (κ3) is 4.87. The zero-order valence-electron chi connectivity index (χ0n) is 14.6.